The zero-order valence-corrected chi connectivity index (χ0v) is 18.0. The highest BCUT2D eigenvalue weighted by Gasteiger charge is 2.47. The average molecular weight is 418 g/mol. The van der Waals surface area contributed by atoms with Gasteiger partial charge in [-0.15, -0.1) is 0 Å². The molecule has 0 radical (unpaired) electrons. The van der Waals surface area contributed by atoms with Crippen LogP contribution in [0.1, 0.15) is 51.9 Å². The Kier molecular flexibility index (Phi) is 7.22. The van der Waals surface area contributed by atoms with E-state index in [1.807, 2.05) is 11.8 Å². The maximum atomic E-state index is 12.3. The van der Waals surface area contributed by atoms with Gasteiger partial charge < -0.3 is 19.7 Å². The number of hydrogen-bond donors (Lipinski definition) is 1. The molecule has 0 aromatic carbocycles. The number of ether oxygens (including phenoxy) is 2. The van der Waals surface area contributed by atoms with Gasteiger partial charge in [0.05, 0.1) is 11.9 Å². The van der Waals surface area contributed by atoms with E-state index in [4.69, 9.17) is 9.47 Å². The largest absolute Gasteiger partial charge is 0.382 e. The van der Waals surface area contributed by atoms with E-state index in [1.54, 1.807) is 4.31 Å². The SMILES string of the molecule is CCOCCCNC(=O)N1CCC2(CC1)CC(N(C1CC1)S(C)(=O)=O)CCO2. The highest BCUT2D eigenvalue weighted by Crippen LogP contribution is 2.41. The topological polar surface area (TPSA) is 88.2 Å². The number of rotatable bonds is 8. The lowest BCUT2D eigenvalue weighted by Gasteiger charge is -2.48. The lowest BCUT2D eigenvalue weighted by molar-refractivity contribution is -0.122. The van der Waals surface area contributed by atoms with E-state index in [0.717, 1.165) is 44.9 Å². The van der Waals surface area contributed by atoms with Gasteiger partial charge >= 0.3 is 6.03 Å². The number of nitrogens with one attached hydrogen (secondary N) is 1. The highest BCUT2D eigenvalue weighted by molar-refractivity contribution is 7.88. The first kappa shape index (κ1) is 21.8. The van der Waals surface area contributed by atoms with Crippen molar-refractivity contribution in [1.82, 2.24) is 14.5 Å². The van der Waals surface area contributed by atoms with Crippen LogP contribution in [0.4, 0.5) is 4.79 Å². The van der Waals surface area contributed by atoms with Gasteiger partial charge in [-0.05, 0) is 51.9 Å². The van der Waals surface area contributed by atoms with E-state index >= 15 is 0 Å². The number of nitrogens with zero attached hydrogens (tertiary/aromatic N) is 2. The first-order chi connectivity index (χ1) is 13.3. The molecular weight excluding hydrogens is 382 g/mol. The average Bonchev–Trinajstić information content (AvgIpc) is 3.46. The molecule has 9 heteroatoms. The molecule has 2 heterocycles. The summed E-state index contributed by atoms with van der Waals surface area (Å²) in [5.74, 6) is 0. The summed E-state index contributed by atoms with van der Waals surface area (Å²) >= 11 is 0. The molecule has 8 nitrogen and oxygen atoms in total. The predicted molar refractivity (Wildman–Crippen MR) is 107 cm³/mol. The lowest BCUT2D eigenvalue weighted by atomic mass is 9.82. The number of carbonyl (C=O) groups is 1. The molecule has 1 N–H and O–H groups in total. The van der Waals surface area contributed by atoms with Crippen molar-refractivity contribution in [3.05, 3.63) is 0 Å². The second-order valence-electron chi connectivity index (χ2n) is 8.27. The van der Waals surface area contributed by atoms with E-state index in [-0.39, 0.29) is 23.7 Å². The standard InChI is InChI=1S/C19H35N3O5S/c1-3-26-13-4-10-20-18(23)21-11-8-19(9-12-21)15-17(7-14-27-19)22(16-5-6-16)28(2,24)25/h16-17H,3-15H2,1-2H3,(H,20,23). The van der Waals surface area contributed by atoms with Crippen molar-refractivity contribution in [1.29, 1.82) is 0 Å². The smallest absolute Gasteiger partial charge is 0.317 e. The minimum absolute atomic E-state index is 0.0233. The second kappa shape index (κ2) is 9.28. The van der Waals surface area contributed by atoms with Gasteiger partial charge in [-0.2, -0.15) is 4.31 Å². The van der Waals surface area contributed by atoms with Crippen LogP contribution in [-0.4, -0.2) is 87.0 Å². The number of likely N-dealkylation sites (tertiary alicyclic amines) is 1. The first-order valence-electron chi connectivity index (χ1n) is 10.6. The molecule has 1 aliphatic carbocycles. The molecule has 1 atom stereocenters. The Morgan fingerprint density at radius 1 is 1.25 bits per heavy atom. The maximum Gasteiger partial charge on any atom is 0.317 e. The number of hydrogen-bond acceptors (Lipinski definition) is 5. The number of sulfonamides is 1. The molecule has 1 saturated carbocycles. The summed E-state index contributed by atoms with van der Waals surface area (Å²) in [4.78, 5) is 14.2. The van der Waals surface area contributed by atoms with Gasteiger partial charge in [0, 0.05) is 51.5 Å². The van der Waals surface area contributed by atoms with Gasteiger partial charge in [-0.25, -0.2) is 13.2 Å². The van der Waals surface area contributed by atoms with Gasteiger partial charge in [0.1, 0.15) is 0 Å². The Hall–Kier alpha value is -0.900. The summed E-state index contributed by atoms with van der Waals surface area (Å²) in [6.07, 6.45) is 7.09. The van der Waals surface area contributed by atoms with Crippen LogP contribution >= 0.6 is 0 Å². The van der Waals surface area contributed by atoms with Gasteiger partial charge in [-0.1, -0.05) is 0 Å². The van der Waals surface area contributed by atoms with Crippen LogP contribution in [0.25, 0.3) is 0 Å². The van der Waals surface area contributed by atoms with Gasteiger partial charge in [0.25, 0.3) is 0 Å². The van der Waals surface area contributed by atoms with Crippen molar-refractivity contribution in [2.75, 3.05) is 45.7 Å². The molecule has 0 aromatic rings. The van der Waals surface area contributed by atoms with Crippen LogP contribution in [0.2, 0.25) is 0 Å². The molecule has 1 spiro atoms. The van der Waals surface area contributed by atoms with E-state index in [2.05, 4.69) is 5.32 Å². The summed E-state index contributed by atoms with van der Waals surface area (Å²) in [5.41, 5.74) is -0.299. The monoisotopic (exact) mass is 417 g/mol. The molecule has 28 heavy (non-hydrogen) atoms. The molecule has 3 rings (SSSR count). The molecule has 3 fully saturated rings. The van der Waals surface area contributed by atoms with Crippen LogP contribution in [0, 0.1) is 0 Å². The zero-order valence-electron chi connectivity index (χ0n) is 17.2. The van der Waals surface area contributed by atoms with E-state index in [0.29, 0.717) is 39.5 Å². The second-order valence-corrected chi connectivity index (χ2v) is 10.2. The minimum atomic E-state index is -3.20. The van der Waals surface area contributed by atoms with Crippen LogP contribution in [0.5, 0.6) is 0 Å². The fourth-order valence-electron chi connectivity index (χ4n) is 4.48. The van der Waals surface area contributed by atoms with Crippen molar-refractivity contribution in [2.24, 2.45) is 0 Å². The number of amides is 2. The molecular formula is C19H35N3O5S. The summed E-state index contributed by atoms with van der Waals surface area (Å²) in [7, 11) is -3.20. The molecule has 0 aromatic heterocycles. The fraction of sp³-hybridized carbons (Fsp3) is 0.947. The normalized spacial score (nSPS) is 25.2. The Morgan fingerprint density at radius 3 is 2.57 bits per heavy atom. The van der Waals surface area contributed by atoms with E-state index in [1.165, 1.54) is 6.26 Å². The number of piperidine rings is 1. The van der Waals surface area contributed by atoms with Gasteiger partial charge in [0.2, 0.25) is 10.0 Å². The van der Waals surface area contributed by atoms with Gasteiger partial charge in [-0.3, -0.25) is 0 Å². The summed E-state index contributed by atoms with van der Waals surface area (Å²) in [6.45, 7) is 5.81. The maximum absolute atomic E-state index is 12.3. The zero-order chi connectivity index (χ0) is 20.2. The summed E-state index contributed by atoms with van der Waals surface area (Å²) in [5, 5.41) is 2.95. The highest BCUT2D eigenvalue weighted by atomic mass is 32.2. The Balaban J connectivity index is 1.49. The Morgan fingerprint density at radius 2 is 1.96 bits per heavy atom. The van der Waals surface area contributed by atoms with Crippen molar-refractivity contribution in [3.8, 4) is 0 Å². The Bertz CT molecular complexity index is 629. The predicted octanol–water partition coefficient (Wildman–Crippen LogP) is 1.56. The number of urea groups is 1. The molecule has 162 valence electrons. The summed E-state index contributed by atoms with van der Waals surface area (Å²) in [6, 6.07) is 0.169. The van der Waals surface area contributed by atoms with E-state index in [9.17, 15) is 13.2 Å². The third-order valence-electron chi connectivity index (χ3n) is 6.02. The molecule has 2 amide bonds. The third-order valence-corrected chi connectivity index (χ3v) is 7.39. The van der Waals surface area contributed by atoms with Crippen LogP contribution in [0.15, 0.2) is 0 Å². The Labute approximate surface area is 169 Å². The lowest BCUT2D eigenvalue weighted by Crippen LogP contribution is -2.56. The van der Waals surface area contributed by atoms with Crippen molar-refractivity contribution < 1.29 is 22.7 Å². The minimum Gasteiger partial charge on any atom is -0.382 e. The van der Waals surface area contributed by atoms with Crippen molar-refractivity contribution in [3.63, 3.8) is 0 Å². The fourth-order valence-corrected chi connectivity index (χ4v) is 5.95. The van der Waals surface area contributed by atoms with Crippen LogP contribution in [-0.2, 0) is 19.5 Å². The van der Waals surface area contributed by atoms with Crippen LogP contribution < -0.4 is 5.32 Å². The van der Waals surface area contributed by atoms with E-state index < -0.39 is 10.0 Å². The third kappa shape index (κ3) is 5.58. The first-order valence-corrected chi connectivity index (χ1v) is 12.4. The number of carbonyl (C=O) groups excluding carboxylic acids is 1. The van der Waals surface area contributed by atoms with Crippen molar-refractivity contribution in [2.45, 2.75) is 69.6 Å². The van der Waals surface area contributed by atoms with Crippen molar-refractivity contribution >= 4 is 16.1 Å². The molecule has 1 unspecified atom stereocenters. The summed E-state index contributed by atoms with van der Waals surface area (Å²) < 4.78 is 37.8. The molecule has 2 aliphatic heterocycles. The molecule has 3 aliphatic rings. The van der Waals surface area contributed by atoms with Crippen LogP contribution in [0.3, 0.4) is 0 Å². The quantitative estimate of drug-likeness (QED) is 0.606. The molecule has 0 bridgehead atoms. The molecule has 2 saturated heterocycles. The van der Waals surface area contributed by atoms with Gasteiger partial charge in [0.15, 0.2) is 0 Å².